The topological polar surface area (TPSA) is 72.5 Å². The summed E-state index contributed by atoms with van der Waals surface area (Å²) in [5, 5.41) is 0.420. The van der Waals surface area contributed by atoms with Gasteiger partial charge in [-0.15, -0.1) is 0 Å². The predicted molar refractivity (Wildman–Crippen MR) is 172 cm³/mol. The van der Waals surface area contributed by atoms with Crippen LogP contribution in [0.3, 0.4) is 0 Å². The highest BCUT2D eigenvalue weighted by molar-refractivity contribution is 9.09. The maximum absolute atomic E-state index is 11.8. The Kier molecular flexibility index (Phi) is 16.8. The summed E-state index contributed by atoms with van der Waals surface area (Å²) in [6.45, 7) is 4.56. The van der Waals surface area contributed by atoms with E-state index in [0.29, 0.717) is 11.8 Å². The van der Waals surface area contributed by atoms with Gasteiger partial charge in [-0.2, -0.15) is 0 Å². The smallest absolute Gasteiger partial charge is 0.158 e. The largest absolute Gasteiger partial charge is 0.353 e. The first-order valence-electron chi connectivity index (χ1n) is 17.4. The Morgan fingerprint density at radius 3 is 2.12 bits per heavy atom. The highest BCUT2D eigenvalue weighted by Crippen LogP contribution is 2.42. The first-order valence-corrected chi connectivity index (χ1v) is 18.5. The first-order chi connectivity index (χ1) is 21.2. The summed E-state index contributed by atoms with van der Waals surface area (Å²) in [7, 11) is 0. The van der Waals surface area contributed by atoms with Gasteiger partial charge in [0.15, 0.2) is 18.9 Å². The molecule has 43 heavy (non-hydrogen) atoms. The molecule has 7 nitrogen and oxygen atoms in total. The molecule has 1 aliphatic carbocycles. The lowest BCUT2D eigenvalue weighted by molar-refractivity contribution is -0.203. The molecule has 0 N–H and O–H groups in total. The quantitative estimate of drug-likeness (QED) is 0.0828. The molecule has 0 aromatic heterocycles. The molecule has 8 heteroatoms. The summed E-state index contributed by atoms with van der Waals surface area (Å²) >= 11 is 3.28. The Morgan fingerprint density at radius 1 is 0.860 bits per heavy atom. The zero-order valence-corrected chi connectivity index (χ0v) is 28.1. The highest BCUT2D eigenvalue weighted by Gasteiger charge is 2.45. The standard InChI is InChI=1S/C35H57BrO7/c1-2-3-5-15-28(41-33-17-8-11-22-38-33)20-21-30-29(16-7-4-6-14-27(37)26-36)31(42-34-18-9-12-23-39-34)25-32(30)43-35-19-10-13-24-40-35/h4,7,20-21,28-35H,2-3,5-6,8-19,22-26H2,1H3/t28?,29-,30-,31+,32-,33+,34?,35?/m1/s1. The maximum Gasteiger partial charge on any atom is 0.158 e. The number of Topliss-reactive ketones (excluding diaryl/α,β-unsaturated/α-hetero) is 1. The maximum atomic E-state index is 11.8. The molecule has 0 amide bonds. The van der Waals surface area contributed by atoms with Gasteiger partial charge in [0.2, 0.25) is 0 Å². The summed E-state index contributed by atoms with van der Waals surface area (Å²) in [4.78, 5) is 11.8. The summed E-state index contributed by atoms with van der Waals surface area (Å²) in [6.07, 6.45) is 25.9. The minimum Gasteiger partial charge on any atom is -0.353 e. The van der Waals surface area contributed by atoms with Crippen LogP contribution in [0.2, 0.25) is 0 Å². The van der Waals surface area contributed by atoms with E-state index in [2.05, 4.69) is 47.2 Å². The monoisotopic (exact) mass is 668 g/mol. The van der Waals surface area contributed by atoms with E-state index >= 15 is 0 Å². The van der Waals surface area contributed by atoms with Crippen LogP contribution in [-0.2, 0) is 33.2 Å². The second kappa shape index (κ2) is 20.5. The molecule has 8 atom stereocenters. The van der Waals surface area contributed by atoms with Crippen molar-refractivity contribution in [2.75, 3.05) is 25.2 Å². The number of carbonyl (C=O) groups is 1. The van der Waals surface area contributed by atoms with Crippen molar-refractivity contribution in [1.82, 2.24) is 0 Å². The van der Waals surface area contributed by atoms with Gasteiger partial charge >= 0.3 is 0 Å². The van der Waals surface area contributed by atoms with E-state index < -0.39 is 0 Å². The molecule has 0 aromatic carbocycles. The van der Waals surface area contributed by atoms with Crippen molar-refractivity contribution in [3.05, 3.63) is 24.3 Å². The van der Waals surface area contributed by atoms with Crippen LogP contribution in [0, 0.1) is 11.8 Å². The van der Waals surface area contributed by atoms with E-state index in [0.717, 1.165) is 110 Å². The number of carbonyl (C=O) groups excluding carboxylic acids is 1. The van der Waals surface area contributed by atoms with Crippen LogP contribution in [0.4, 0.5) is 0 Å². The number of ether oxygens (including phenoxy) is 6. The molecule has 0 bridgehead atoms. The average Bonchev–Trinajstić information content (AvgIpc) is 3.35. The summed E-state index contributed by atoms with van der Waals surface area (Å²) in [6, 6.07) is 0. The molecule has 1 saturated carbocycles. The number of allylic oxidation sites excluding steroid dienone is 2. The molecule has 0 spiro atoms. The van der Waals surface area contributed by atoms with Gasteiger partial charge < -0.3 is 28.4 Å². The van der Waals surface area contributed by atoms with Crippen molar-refractivity contribution in [2.45, 2.75) is 153 Å². The highest BCUT2D eigenvalue weighted by atomic mass is 79.9. The van der Waals surface area contributed by atoms with Gasteiger partial charge in [0.25, 0.3) is 0 Å². The number of alkyl halides is 1. The third-order valence-corrected chi connectivity index (χ3v) is 9.84. The van der Waals surface area contributed by atoms with E-state index in [9.17, 15) is 4.79 Å². The van der Waals surface area contributed by atoms with Gasteiger partial charge in [-0.05, 0) is 83.0 Å². The minimum atomic E-state index is -0.155. The van der Waals surface area contributed by atoms with Crippen molar-refractivity contribution in [2.24, 2.45) is 11.8 Å². The van der Waals surface area contributed by atoms with E-state index in [-0.39, 0.29) is 54.8 Å². The van der Waals surface area contributed by atoms with Crippen molar-refractivity contribution in [1.29, 1.82) is 0 Å². The van der Waals surface area contributed by atoms with Crippen LogP contribution in [0.15, 0.2) is 24.3 Å². The Morgan fingerprint density at radius 2 is 1.51 bits per heavy atom. The summed E-state index contributed by atoms with van der Waals surface area (Å²) in [5.41, 5.74) is 0. The van der Waals surface area contributed by atoms with Crippen LogP contribution in [0.5, 0.6) is 0 Å². The lowest BCUT2D eigenvalue weighted by Crippen LogP contribution is -2.31. The lowest BCUT2D eigenvalue weighted by atomic mass is 9.89. The van der Waals surface area contributed by atoms with Gasteiger partial charge in [0, 0.05) is 38.6 Å². The zero-order chi connectivity index (χ0) is 30.1. The van der Waals surface area contributed by atoms with Crippen LogP contribution in [0.25, 0.3) is 0 Å². The van der Waals surface area contributed by atoms with E-state index in [1.807, 2.05) is 0 Å². The molecule has 3 unspecified atom stereocenters. The second-order valence-electron chi connectivity index (χ2n) is 12.7. The Bertz CT molecular complexity index is 817. The number of unbranched alkanes of at least 4 members (excludes halogenated alkanes) is 2. The molecule has 4 fully saturated rings. The van der Waals surface area contributed by atoms with Crippen LogP contribution in [-0.4, -0.2) is 68.1 Å². The number of halogens is 1. The third kappa shape index (κ3) is 12.6. The molecule has 3 heterocycles. The zero-order valence-electron chi connectivity index (χ0n) is 26.5. The number of ketones is 1. The van der Waals surface area contributed by atoms with Crippen molar-refractivity contribution < 1.29 is 33.2 Å². The van der Waals surface area contributed by atoms with Gasteiger partial charge in [-0.1, -0.05) is 66.4 Å². The molecular formula is C35H57BrO7. The molecular weight excluding hydrogens is 612 g/mol. The Labute approximate surface area is 268 Å². The Hall–Kier alpha value is -0.610. The van der Waals surface area contributed by atoms with Gasteiger partial charge in [-0.25, -0.2) is 0 Å². The van der Waals surface area contributed by atoms with Gasteiger partial charge in [0.1, 0.15) is 5.78 Å². The van der Waals surface area contributed by atoms with Crippen LogP contribution >= 0.6 is 15.9 Å². The SMILES string of the molecule is CCCCCC(C=C[C@@H]1[C@@H](CC=CCCC(=O)CBr)[C@@H](OC2CCCCO2)C[C@H]1OC1CCCCO1)O[C@H]1CCCCO1. The van der Waals surface area contributed by atoms with Gasteiger partial charge in [-0.3, -0.25) is 4.79 Å². The number of hydrogen-bond acceptors (Lipinski definition) is 7. The van der Waals surface area contributed by atoms with Gasteiger partial charge in [0.05, 0.1) is 23.6 Å². The van der Waals surface area contributed by atoms with Crippen molar-refractivity contribution in [3.8, 4) is 0 Å². The van der Waals surface area contributed by atoms with Crippen molar-refractivity contribution in [3.63, 3.8) is 0 Å². The molecule has 246 valence electrons. The van der Waals surface area contributed by atoms with E-state index in [1.165, 1.54) is 12.8 Å². The van der Waals surface area contributed by atoms with E-state index in [4.69, 9.17) is 28.4 Å². The molecule has 0 aromatic rings. The minimum absolute atomic E-state index is 0.00328. The number of hydrogen-bond donors (Lipinski definition) is 0. The fourth-order valence-electron chi connectivity index (χ4n) is 6.74. The summed E-state index contributed by atoms with van der Waals surface area (Å²) in [5.74, 6) is 0.636. The predicted octanol–water partition coefficient (Wildman–Crippen LogP) is 8.18. The summed E-state index contributed by atoms with van der Waals surface area (Å²) < 4.78 is 38.0. The van der Waals surface area contributed by atoms with Crippen LogP contribution < -0.4 is 0 Å². The van der Waals surface area contributed by atoms with E-state index in [1.54, 1.807) is 0 Å². The molecule has 3 saturated heterocycles. The molecule has 4 rings (SSSR count). The average molecular weight is 670 g/mol. The molecule has 3 aliphatic heterocycles. The molecule has 0 radical (unpaired) electrons. The Balaban J connectivity index is 1.51. The van der Waals surface area contributed by atoms with Crippen LogP contribution in [0.1, 0.15) is 116 Å². The lowest BCUT2D eigenvalue weighted by Gasteiger charge is -2.30. The fraction of sp³-hybridized carbons (Fsp3) is 0.857. The first kappa shape index (κ1) is 35.2. The third-order valence-electron chi connectivity index (χ3n) is 9.21. The normalized spacial score (nSPS) is 32.9. The number of rotatable bonds is 18. The second-order valence-corrected chi connectivity index (χ2v) is 13.2. The molecule has 4 aliphatic rings. The fourth-order valence-corrected chi connectivity index (χ4v) is 7.02. The van der Waals surface area contributed by atoms with Crippen molar-refractivity contribution >= 4 is 21.7 Å².